The lowest BCUT2D eigenvalue weighted by molar-refractivity contribution is -0.135. The van der Waals surface area contributed by atoms with Gasteiger partial charge in [0.05, 0.1) is 0 Å². The number of rotatable bonds is 5. The molecule has 0 bridgehead atoms. The van der Waals surface area contributed by atoms with Gasteiger partial charge in [0.15, 0.2) is 0 Å². The molecule has 8 heteroatoms. The Kier molecular flexibility index (Phi) is 7.04. The molecule has 0 spiro atoms. The van der Waals surface area contributed by atoms with Crippen molar-refractivity contribution in [3.8, 4) is 0 Å². The lowest BCUT2D eigenvalue weighted by atomic mass is 9.87. The van der Waals surface area contributed by atoms with Crippen LogP contribution in [0.25, 0.3) is 0 Å². The Bertz CT molecular complexity index is 301. The summed E-state index contributed by atoms with van der Waals surface area (Å²) in [6.07, 6.45) is 2.82. The normalized spacial score (nSPS) is 23.5. The average molecular weight is 333 g/mol. The Morgan fingerprint density at radius 1 is 1.26 bits per heavy atom. The van der Waals surface area contributed by atoms with Crippen LogP contribution in [0.2, 0.25) is 0 Å². The van der Waals surface area contributed by atoms with Gasteiger partial charge in [0.25, 0.3) is 6.47 Å². The quantitative estimate of drug-likeness (QED) is 0.621. The van der Waals surface area contributed by atoms with Crippen molar-refractivity contribution >= 4 is 47.4 Å². The van der Waals surface area contributed by atoms with E-state index in [9.17, 15) is 9.59 Å². The van der Waals surface area contributed by atoms with Gasteiger partial charge in [0.1, 0.15) is 12.7 Å². The van der Waals surface area contributed by atoms with Gasteiger partial charge in [0, 0.05) is 6.54 Å². The van der Waals surface area contributed by atoms with Crippen molar-refractivity contribution in [1.82, 2.24) is 5.32 Å². The van der Waals surface area contributed by atoms with Crippen LogP contribution < -0.4 is 5.32 Å². The third-order valence-corrected chi connectivity index (χ3v) is 3.27. The molecule has 19 heavy (non-hydrogen) atoms. The van der Waals surface area contributed by atoms with E-state index in [1.807, 2.05) is 0 Å². The van der Waals surface area contributed by atoms with Crippen LogP contribution in [0, 0.1) is 5.92 Å². The Labute approximate surface area is 126 Å². The van der Waals surface area contributed by atoms with E-state index in [1.165, 1.54) is 0 Å². The molecule has 0 aromatic rings. The summed E-state index contributed by atoms with van der Waals surface area (Å²) >= 11 is 16.4. The first-order valence-corrected chi connectivity index (χ1v) is 7.10. The first-order valence-electron chi connectivity index (χ1n) is 5.97. The molecular weight excluding hydrogens is 316 g/mol. The first kappa shape index (κ1) is 16.7. The van der Waals surface area contributed by atoms with Crippen molar-refractivity contribution in [2.24, 2.45) is 5.92 Å². The van der Waals surface area contributed by atoms with E-state index < -0.39 is 9.89 Å². The van der Waals surface area contributed by atoms with Crippen LogP contribution in [-0.4, -0.2) is 35.6 Å². The van der Waals surface area contributed by atoms with Crippen LogP contribution in [-0.2, 0) is 14.3 Å². The zero-order valence-corrected chi connectivity index (χ0v) is 12.5. The number of alkyl halides is 3. The lowest BCUT2D eigenvalue weighted by Crippen LogP contribution is -2.34. The second-order valence-corrected chi connectivity index (χ2v) is 6.96. The fourth-order valence-electron chi connectivity index (χ4n) is 1.98. The van der Waals surface area contributed by atoms with Crippen LogP contribution in [0.5, 0.6) is 0 Å². The molecule has 0 aromatic carbocycles. The second-order valence-electron chi connectivity index (χ2n) is 4.45. The molecule has 0 aliphatic heterocycles. The average Bonchev–Trinajstić information content (AvgIpc) is 2.35. The van der Waals surface area contributed by atoms with Crippen molar-refractivity contribution in [2.45, 2.75) is 35.6 Å². The van der Waals surface area contributed by atoms with Crippen LogP contribution in [0.15, 0.2) is 0 Å². The minimum atomic E-state index is -1.60. The van der Waals surface area contributed by atoms with Gasteiger partial charge in [-0.2, -0.15) is 0 Å². The van der Waals surface area contributed by atoms with E-state index >= 15 is 0 Å². The van der Waals surface area contributed by atoms with Crippen LogP contribution >= 0.6 is 34.8 Å². The molecule has 1 rings (SSSR count). The lowest BCUT2D eigenvalue weighted by Gasteiger charge is -2.27. The van der Waals surface area contributed by atoms with Gasteiger partial charge in [-0.25, -0.2) is 4.79 Å². The molecule has 0 heterocycles. The molecule has 1 saturated carbocycles. The van der Waals surface area contributed by atoms with Gasteiger partial charge in [-0.05, 0) is 31.6 Å². The molecule has 110 valence electrons. The SMILES string of the molecule is O=COC1CCC(CNC(=O)OCC(Cl)(Cl)Cl)CC1. The molecule has 0 aromatic heterocycles. The van der Waals surface area contributed by atoms with Crippen molar-refractivity contribution in [1.29, 1.82) is 0 Å². The molecular formula is C11H16Cl3NO4. The smallest absolute Gasteiger partial charge is 0.407 e. The van der Waals surface area contributed by atoms with Gasteiger partial charge < -0.3 is 14.8 Å². The maximum Gasteiger partial charge on any atom is 0.407 e. The number of hydrogen-bond donors (Lipinski definition) is 1. The Morgan fingerprint density at radius 3 is 2.42 bits per heavy atom. The number of amides is 1. The van der Waals surface area contributed by atoms with Gasteiger partial charge in [-0.1, -0.05) is 34.8 Å². The van der Waals surface area contributed by atoms with E-state index in [1.54, 1.807) is 0 Å². The summed E-state index contributed by atoms with van der Waals surface area (Å²) in [7, 11) is 0. The Balaban J connectivity index is 2.13. The van der Waals surface area contributed by atoms with Gasteiger partial charge in [-0.15, -0.1) is 0 Å². The number of hydrogen-bond acceptors (Lipinski definition) is 4. The predicted molar refractivity (Wildman–Crippen MR) is 72.5 cm³/mol. The van der Waals surface area contributed by atoms with E-state index in [0.717, 1.165) is 25.7 Å². The van der Waals surface area contributed by atoms with Crippen LogP contribution in [0.4, 0.5) is 4.79 Å². The van der Waals surface area contributed by atoms with Gasteiger partial charge >= 0.3 is 6.09 Å². The molecule has 1 aliphatic carbocycles. The minimum absolute atomic E-state index is 0.00469. The molecule has 5 nitrogen and oxygen atoms in total. The molecule has 0 radical (unpaired) electrons. The Hall–Kier alpha value is -0.390. The monoisotopic (exact) mass is 331 g/mol. The standard InChI is InChI=1S/C11H16Cl3NO4/c12-11(13,14)6-18-10(17)15-5-8-1-3-9(4-2-8)19-7-16/h7-9H,1-6H2,(H,15,17). The van der Waals surface area contributed by atoms with Crippen LogP contribution in [0.1, 0.15) is 25.7 Å². The van der Waals surface area contributed by atoms with E-state index in [4.69, 9.17) is 44.3 Å². The fraction of sp³-hybridized carbons (Fsp3) is 0.818. The maximum atomic E-state index is 11.3. The Morgan fingerprint density at radius 2 is 1.89 bits per heavy atom. The topological polar surface area (TPSA) is 64.6 Å². The molecule has 1 amide bonds. The number of nitrogens with one attached hydrogen (secondary N) is 1. The molecule has 1 fully saturated rings. The fourth-order valence-corrected chi connectivity index (χ4v) is 2.14. The molecule has 0 atom stereocenters. The summed E-state index contributed by atoms with van der Waals surface area (Å²) in [4.78, 5) is 21.5. The minimum Gasteiger partial charge on any atom is -0.465 e. The number of carbonyl (C=O) groups excluding carboxylic acids is 2. The third-order valence-electron chi connectivity index (χ3n) is 2.94. The summed E-state index contributed by atoms with van der Waals surface area (Å²) in [5.74, 6) is 0.354. The highest BCUT2D eigenvalue weighted by Crippen LogP contribution is 2.26. The summed E-state index contributed by atoms with van der Waals surface area (Å²) in [5.41, 5.74) is 0. The van der Waals surface area contributed by atoms with Gasteiger partial charge in [-0.3, -0.25) is 4.79 Å². The van der Waals surface area contributed by atoms with E-state index in [2.05, 4.69) is 5.32 Å². The van der Waals surface area contributed by atoms with Crippen molar-refractivity contribution < 1.29 is 19.1 Å². The molecule has 1 N–H and O–H groups in total. The van der Waals surface area contributed by atoms with E-state index in [-0.39, 0.29) is 12.7 Å². The van der Waals surface area contributed by atoms with Crippen molar-refractivity contribution in [2.75, 3.05) is 13.2 Å². The summed E-state index contributed by atoms with van der Waals surface area (Å²) in [6.45, 7) is 0.702. The molecule has 0 unspecified atom stereocenters. The molecule has 0 saturated heterocycles. The van der Waals surface area contributed by atoms with Crippen molar-refractivity contribution in [3.05, 3.63) is 0 Å². The third kappa shape index (κ3) is 7.70. The number of carbonyl (C=O) groups is 2. The zero-order valence-electron chi connectivity index (χ0n) is 10.2. The van der Waals surface area contributed by atoms with E-state index in [0.29, 0.717) is 18.9 Å². The summed E-state index contributed by atoms with van der Waals surface area (Å²) in [6, 6.07) is 0. The van der Waals surface area contributed by atoms with Crippen molar-refractivity contribution in [3.63, 3.8) is 0 Å². The first-order chi connectivity index (χ1) is 8.90. The summed E-state index contributed by atoms with van der Waals surface area (Å²) in [5, 5.41) is 2.62. The maximum absolute atomic E-state index is 11.3. The second kappa shape index (κ2) is 8.02. The molecule has 1 aliphatic rings. The number of ether oxygens (including phenoxy) is 2. The highest BCUT2D eigenvalue weighted by atomic mass is 35.6. The largest absolute Gasteiger partial charge is 0.465 e. The highest BCUT2D eigenvalue weighted by molar-refractivity contribution is 6.67. The highest BCUT2D eigenvalue weighted by Gasteiger charge is 2.24. The summed E-state index contributed by atoms with van der Waals surface area (Å²) < 4.78 is 8.04. The van der Waals surface area contributed by atoms with Crippen LogP contribution in [0.3, 0.4) is 0 Å². The number of halogens is 3. The number of alkyl carbamates (subject to hydrolysis) is 1. The predicted octanol–water partition coefficient (Wildman–Crippen LogP) is 2.81. The van der Waals surface area contributed by atoms with Gasteiger partial charge in [0.2, 0.25) is 3.79 Å². The zero-order chi connectivity index (χ0) is 14.3.